The quantitative estimate of drug-likeness (QED) is 0.616. The van der Waals surface area contributed by atoms with Gasteiger partial charge in [-0.3, -0.25) is 4.68 Å². The summed E-state index contributed by atoms with van der Waals surface area (Å²) in [7, 11) is -3.55. The summed E-state index contributed by atoms with van der Waals surface area (Å²) in [5.41, 5.74) is 2.32. The lowest BCUT2D eigenvalue weighted by molar-refractivity contribution is 0.190. The van der Waals surface area contributed by atoms with Gasteiger partial charge in [-0.1, -0.05) is 6.07 Å². The standard InChI is InChI=1S/C17H22N6O2S2/c1-2-22-13-14(12-18-22)6-7-21-8-10-23(11-9-21)27(24,25)16-5-3-4-15-17(16)20-26-19-15/h3-5,12-13H,2,6-11H2,1H3. The van der Waals surface area contributed by atoms with Crippen molar-refractivity contribution in [2.45, 2.75) is 24.8 Å². The fraction of sp³-hybridized carbons (Fsp3) is 0.471. The third-order valence-electron chi connectivity index (χ3n) is 4.93. The van der Waals surface area contributed by atoms with Gasteiger partial charge in [-0.05, 0) is 31.0 Å². The Morgan fingerprint density at radius 3 is 2.70 bits per heavy atom. The van der Waals surface area contributed by atoms with Gasteiger partial charge in [0.05, 0.1) is 17.9 Å². The van der Waals surface area contributed by atoms with Crippen molar-refractivity contribution in [2.24, 2.45) is 0 Å². The van der Waals surface area contributed by atoms with E-state index in [1.807, 2.05) is 10.9 Å². The lowest BCUT2D eigenvalue weighted by atomic mass is 10.2. The maximum absolute atomic E-state index is 13.1. The highest BCUT2D eigenvalue weighted by molar-refractivity contribution is 7.89. The Balaban J connectivity index is 1.39. The molecule has 0 radical (unpaired) electrons. The Labute approximate surface area is 162 Å². The molecule has 1 saturated heterocycles. The number of sulfonamides is 1. The van der Waals surface area contributed by atoms with Gasteiger partial charge in [0.15, 0.2) is 0 Å². The second kappa shape index (κ2) is 7.63. The fourth-order valence-corrected chi connectivity index (χ4v) is 5.49. The van der Waals surface area contributed by atoms with Gasteiger partial charge in [0.2, 0.25) is 10.0 Å². The van der Waals surface area contributed by atoms with E-state index < -0.39 is 10.0 Å². The summed E-state index contributed by atoms with van der Waals surface area (Å²) in [4.78, 5) is 2.56. The van der Waals surface area contributed by atoms with Crippen LogP contribution in [-0.2, 0) is 23.0 Å². The van der Waals surface area contributed by atoms with Crippen LogP contribution in [0.15, 0.2) is 35.5 Å². The van der Waals surface area contributed by atoms with Crippen molar-refractivity contribution in [3.63, 3.8) is 0 Å². The topological polar surface area (TPSA) is 84.2 Å². The molecular weight excluding hydrogens is 384 g/mol. The molecule has 8 nitrogen and oxygen atoms in total. The van der Waals surface area contributed by atoms with Crippen molar-refractivity contribution in [3.8, 4) is 0 Å². The van der Waals surface area contributed by atoms with E-state index >= 15 is 0 Å². The zero-order valence-electron chi connectivity index (χ0n) is 15.2. The molecule has 0 spiro atoms. The molecule has 0 atom stereocenters. The van der Waals surface area contributed by atoms with E-state index in [-0.39, 0.29) is 4.90 Å². The summed E-state index contributed by atoms with van der Waals surface area (Å²) in [6.07, 6.45) is 4.91. The largest absolute Gasteiger partial charge is 0.300 e. The molecule has 1 aliphatic rings. The van der Waals surface area contributed by atoms with Crippen molar-refractivity contribution in [1.29, 1.82) is 0 Å². The molecule has 27 heavy (non-hydrogen) atoms. The van der Waals surface area contributed by atoms with Crippen LogP contribution in [0.2, 0.25) is 0 Å². The molecule has 4 rings (SSSR count). The number of aromatic nitrogens is 4. The predicted molar refractivity (Wildman–Crippen MR) is 104 cm³/mol. The Bertz CT molecular complexity index is 1020. The molecule has 10 heteroatoms. The van der Waals surface area contributed by atoms with Crippen LogP contribution < -0.4 is 0 Å². The highest BCUT2D eigenvalue weighted by atomic mass is 32.2. The van der Waals surface area contributed by atoms with Crippen LogP contribution in [0.3, 0.4) is 0 Å². The zero-order chi connectivity index (χ0) is 18.9. The zero-order valence-corrected chi connectivity index (χ0v) is 16.8. The lowest BCUT2D eigenvalue weighted by Gasteiger charge is -2.33. The minimum atomic E-state index is -3.55. The van der Waals surface area contributed by atoms with Gasteiger partial charge < -0.3 is 4.90 Å². The number of fused-ring (bicyclic) bond motifs is 1. The van der Waals surface area contributed by atoms with Crippen molar-refractivity contribution < 1.29 is 8.42 Å². The number of piperazine rings is 1. The van der Waals surface area contributed by atoms with Crippen molar-refractivity contribution in [2.75, 3.05) is 32.7 Å². The molecule has 0 N–H and O–H groups in total. The normalized spacial score (nSPS) is 16.9. The van der Waals surface area contributed by atoms with Crippen molar-refractivity contribution in [1.82, 2.24) is 27.7 Å². The minimum Gasteiger partial charge on any atom is -0.300 e. The van der Waals surface area contributed by atoms with E-state index in [1.165, 1.54) is 5.56 Å². The number of rotatable bonds is 6. The molecule has 3 aromatic rings. The van der Waals surface area contributed by atoms with Crippen LogP contribution in [-0.4, -0.2) is 68.9 Å². The average molecular weight is 407 g/mol. The first-order valence-corrected chi connectivity index (χ1v) is 11.2. The van der Waals surface area contributed by atoms with Crippen molar-refractivity contribution in [3.05, 3.63) is 36.2 Å². The molecule has 0 unspecified atom stereocenters. The maximum Gasteiger partial charge on any atom is 0.245 e. The molecule has 0 amide bonds. The number of benzene rings is 1. The summed E-state index contributed by atoms with van der Waals surface area (Å²) >= 11 is 1.04. The molecule has 0 saturated carbocycles. The van der Waals surface area contributed by atoms with E-state index in [0.29, 0.717) is 24.1 Å². The first-order chi connectivity index (χ1) is 13.1. The smallest absolute Gasteiger partial charge is 0.245 e. The van der Waals surface area contributed by atoms with Crippen LogP contribution in [0.4, 0.5) is 0 Å². The maximum atomic E-state index is 13.1. The molecule has 1 aromatic carbocycles. The Hall–Kier alpha value is -1.88. The SMILES string of the molecule is CCn1cc(CCN2CCN(S(=O)(=O)c3cccc4nsnc34)CC2)cn1. The number of nitrogens with zero attached hydrogens (tertiary/aromatic N) is 6. The number of hydrogen-bond acceptors (Lipinski definition) is 7. The van der Waals surface area contributed by atoms with Crippen molar-refractivity contribution >= 4 is 32.8 Å². The average Bonchev–Trinajstić information content (AvgIpc) is 3.35. The number of hydrogen-bond donors (Lipinski definition) is 0. The third-order valence-corrected chi connectivity index (χ3v) is 7.40. The fourth-order valence-electron chi connectivity index (χ4n) is 3.32. The van der Waals surface area contributed by atoms with Crippen LogP contribution in [0.25, 0.3) is 11.0 Å². The first kappa shape index (κ1) is 18.5. The van der Waals surface area contributed by atoms with Gasteiger partial charge >= 0.3 is 0 Å². The molecule has 2 aromatic heterocycles. The van der Waals surface area contributed by atoms with E-state index in [1.54, 1.807) is 22.5 Å². The van der Waals surface area contributed by atoms with Crippen LogP contribution >= 0.6 is 11.7 Å². The van der Waals surface area contributed by atoms with Crippen LogP contribution in [0, 0.1) is 0 Å². The van der Waals surface area contributed by atoms with E-state index in [0.717, 1.165) is 44.3 Å². The summed E-state index contributed by atoms with van der Waals surface area (Å²) < 4.78 is 37.9. The Morgan fingerprint density at radius 2 is 1.96 bits per heavy atom. The number of aryl methyl sites for hydroxylation is 1. The molecule has 144 valence electrons. The van der Waals surface area contributed by atoms with Gasteiger partial charge in [-0.2, -0.15) is 18.2 Å². The lowest BCUT2D eigenvalue weighted by Crippen LogP contribution is -2.49. The van der Waals surface area contributed by atoms with E-state index in [4.69, 9.17) is 0 Å². The van der Waals surface area contributed by atoms with Gasteiger partial charge in [0, 0.05) is 45.5 Å². The monoisotopic (exact) mass is 406 g/mol. The second-order valence-corrected chi connectivity index (χ2v) is 9.02. The Kier molecular flexibility index (Phi) is 5.22. The molecule has 0 aliphatic carbocycles. The second-order valence-electron chi connectivity index (χ2n) is 6.59. The third kappa shape index (κ3) is 3.75. The van der Waals surface area contributed by atoms with E-state index in [9.17, 15) is 8.42 Å². The highest BCUT2D eigenvalue weighted by Crippen LogP contribution is 2.25. The van der Waals surface area contributed by atoms with Crippen LogP contribution in [0.5, 0.6) is 0 Å². The Morgan fingerprint density at radius 1 is 1.15 bits per heavy atom. The molecule has 0 bridgehead atoms. The predicted octanol–water partition coefficient (Wildman–Crippen LogP) is 1.46. The van der Waals surface area contributed by atoms with Gasteiger partial charge in [0.25, 0.3) is 0 Å². The molecular formula is C17H22N6O2S2. The van der Waals surface area contributed by atoms with E-state index in [2.05, 4.69) is 31.9 Å². The molecule has 3 heterocycles. The highest BCUT2D eigenvalue weighted by Gasteiger charge is 2.30. The summed E-state index contributed by atoms with van der Waals surface area (Å²) in [6.45, 7) is 6.29. The summed E-state index contributed by atoms with van der Waals surface area (Å²) in [6, 6.07) is 5.14. The van der Waals surface area contributed by atoms with Gasteiger partial charge in [-0.25, -0.2) is 8.42 Å². The molecule has 1 aliphatic heterocycles. The minimum absolute atomic E-state index is 0.258. The molecule has 1 fully saturated rings. The van der Waals surface area contributed by atoms with Gasteiger partial charge in [-0.15, -0.1) is 0 Å². The summed E-state index contributed by atoms with van der Waals surface area (Å²) in [5.74, 6) is 0. The van der Waals surface area contributed by atoms with Crippen LogP contribution in [0.1, 0.15) is 12.5 Å². The first-order valence-electron chi connectivity index (χ1n) is 9.03. The summed E-state index contributed by atoms with van der Waals surface area (Å²) in [5, 5.41) is 4.30. The van der Waals surface area contributed by atoms with Gasteiger partial charge in [0.1, 0.15) is 15.9 Å².